The summed E-state index contributed by atoms with van der Waals surface area (Å²) in [5, 5.41) is 4.61. The summed E-state index contributed by atoms with van der Waals surface area (Å²) in [7, 11) is 0. The normalized spacial score (nSPS) is 18.3. The second-order valence-corrected chi connectivity index (χ2v) is 5.98. The molecule has 1 heterocycles. The fraction of sp³-hybridized carbons (Fsp3) is 0.308. The first kappa shape index (κ1) is 11.2. The van der Waals surface area contributed by atoms with Crippen molar-refractivity contribution in [1.29, 1.82) is 0 Å². The molecule has 1 aliphatic carbocycles. The minimum atomic E-state index is 0.467. The third kappa shape index (κ3) is 2.37. The summed E-state index contributed by atoms with van der Waals surface area (Å²) >= 11 is 7.41. The number of nitrogens with one attached hydrogen (secondary N) is 1. The number of hydrogen-bond donors (Lipinski definition) is 1. The Bertz CT molecular complexity index is 524. The molecular weight excluding hydrogens is 252 g/mol. The first-order chi connectivity index (χ1) is 8.33. The monoisotopic (exact) mass is 264 g/mol. The lowest BCUT2D eigenvalue weighted by Crippen LogP contribution is -2.18. The minimum absolute atomic E-state index is 0.467. The van der Waals surface area contributed by atoms with Gasteiger partial charge in [-0.15, -0.1) is 11.3 Å². The Balaban J connectivity index is 1.68. The zero-order valence-electron chi connectivity index (χ0n) is 9.32. The fourth-order valence-corrected chi connectivity index (χ4v) is 3.26. The first-order valence-electron chi connectivity index (χ1n) is 5.74. The van der Waals surface area contributed by atoms with Crippen LogP contribution in [0.15, 0.2) is 30.5 Å². The van der Waals surface area contributed by atoms with Crippen molar-refractivity contribution in [2.24, 2.45) is 0 Å². The van der Waals surface area contributed by atoms with Crippen LogP contribution in [-0.2, 0) is 13.0 Å². The van der Waals surface area contributed by atoms with Crippen LogP contribution in [0.4, 0.5) is 0 Å². The van der Waals surface area contributed by atoms with Crippen LogP contribution in [0.5, 0.6) is 0 Å². The molecule has 0 amide bonds. The third-order valence-electron chi connectivity index (χ3n) is 3.16. The number of benzene rings is 1. The largest absolute Gasteiger partial charge is 0.304 e. The summed E-state index contributed by atoms with van der Waals surface area (Å²) in [5.74, 6) is 0. The van der Waals surface area contributed by atoms with Gasteiger partial charge in [-0.1, -0.05) is 35.9 Å². The molecule has 0 fully saturated rings. The molecule has 2 nitrogen and oxygen atoms in total. The summed E-state index contributed by atoms with van der Waals surface area (Å²) in [6.07, 6.45) is 4.07. The molecule has 1 unspecified atom stereocenters. The molecule has 1 aromatic heterocycles. The predicted molar refractivity (Wildman–Crippen MR) is 71.5 cm³/mol. The van der Waals surface area contributed by atoms with Crippen LogP contribution in [0.3, 0.4) is 0 Å². The highest BCUT2D eigenvalue weighted by Crippen LogP contribution is 2.31. The van der Waals surface area contributed by atoms with Crippen LogP contribution in [0, 0.1) is 0 Å². The molecule has 2 aromatic rings. The van der Waals surface area contributed by atoms with E-state index in [0.717, 1.165) is 15.9 Å². The molecule has 0 saturated heterocycles. The van der Waals surface area contributed by atoms with Crippen molar-refractivity contribution < 1.29 is 0 Å². The number of fused-ring (bicyclic) bond motifs is 1. The molecule has 17 heavy (non-hydrogen) atoms. The van der Waals surface area contributed by atoms with Gasteiger partial charge in [0.15, 0.2) is 0 Å². The number of rotatable bonds is 3. The molecule has 1 aromatic carbocycles. The number of aromatic nitrogens is 1. The van der Waals surface area contributed by atoms with Gasteiger partial charge in [0.05, 0.1) is 6.20 Å². The average molecular weight is 265 g/mol. The summed E-state index contributed by atoms with van der Waals surface area (Å²) in [5.41, 5.74) is 2.91. The Kier molecular flexibility index (Phi) is 3.14. The van der Waals surface area contributed by atoms with E-state index in [-0.39, 0.29) is 0 Å². The van der Waals surface area contributed by atoms with Crippen LogP contribution >= 0.6 is 22.9 Å². The number of thiazole rings is 1. The van der Waals surface area contributed by atoms with Crippen molar-refractivity contribution >= 4 is 22.9 Å². The van der Waals surface area contributed by atoms with Gasteiger partial charge >= 0.3 is 0 Å². The molecule has 1 aliphatic rings. The van der Waals surface area contributed by atoms with Gasteiger partial charge in [-0.05, 0) is 24.0 Å². The Hall–Kier alpha value is -0.900. The van der Waals surface area contributed by atoms with E-state index in [1.165, 1.54) is 24.0 Å². The van der Waals surface area contributed by atoms with E-state index in [1.54, 1.807) is 17.5 Å². The first-order valence-corrected chi connectivity index (χ1v) is 6.94. The Morgan fingerprint density at radius 2 is 2.29 bits per heavy atom. The lowest BCUT2D eigenvalue weighted by Gasteiger charge is -2.12. The minimum Gasteiger partial charge on any atom is -0.304 e. The van der Waals surface area contributed by atoms with Gasteiger partial charge in [0, 0.05) is 12.6 Å². The van der Waals surface area contributed by atoms with Gasteiger partial charge in [0.25, 0.3) is 0 Å². The standard InChI is InChI=1S/C13H13ClN2S/c14-12-7-16-13(17-12)8-15-11-6-5-9-3-1-2-4-10(9)11/h1-4,7,11,15H,5-6,8H2. The molecule has 4 heteroatoms. The second-order valence-electron chi connectivity index (χ2n) is 4.23. The van der Waals surface area contributed by atoms with Gasteiger partial charge < -0.3 is 5.32 Å². The van der Waals surface area contributed by atoms with Gasteiger partial charge in [-0.25, -0.2) is 4.98 Å². The molecule has 0 spiro atoms. The average Bonchev–Trinajstić information content (AvgIpc) is 2.93. The van der Waals surface area contributed by atoms with Crippen molar-refractivity contribution in [1.82, 2.24) is 10.3 Å². The molecule has 3 rings (SSSR count). The van der Waals surface area contributed by atoms with E-state index >= 15 is 0 Å². The molecule has 0 saturated carbocycles. The van der Waals surface area contributed by atoms with Gasteiger partial charge in [0.2, 0.25) is 0 Å². The number of hydrogen-bond acceptors (Lipinski definition) is 3. The zero-order chi connectivity index (χ0) is 11.7. The molecule has 0 radical (unpaired) electrons. The summed E-state index contributed by atoms with van der Waals surface area (Å²) < 4.78 is 0.758. The number of halogens is 1. The van der Waals surface area contributed by atoms with E-state index < -0.39 is 0 Å². The highest BCUT2D eigenvalue weighted by atomic mass is 35.5. The lowest BCUT2D eigenvalue weighted by atomic mass is 10.1. The molecule has 1 atom stereocenters. The molecular formula is C13H13ClN2S. The van der Waals surface area contributed by atoms with Crippen molar-refractivity contribution in [3.8, 4) is 0 Å². The maximum absolute atomic E-state index is 5.87. The Morgan fingerprint density at radius 1 is 1.41 bits per heavy atom. The molecule has 88 valence electrons. The predicted octanol–water partition coefficient (Wildman–Crippen LogP) is 3.57. The van der Waals surface area contributed by atoms with Crippen LogP contribution in [0.1, 0.15) is 28.6 Å². The van der Waals surface area contributed by atoms with E-state index in [0.29, 0.717) is 6.04 Å². The summed E-state index contributed by atoms with van der Waals surface area (Å²) in [6, 6.07) is 9.13. The van der Waals surface area contributed by atoms with Crippen molar-refractivity contribution in [2.75, 3.05) is 0 Å². The van der Waals surface area contributed by atoms with Crippen LogP contribution in [0.25, 0.3) is 0 Å². The number of nitrogens with zero attached hydrogens (tertiary/aromatic N) is 1. The molecule has 1 N–H and O–H groups in total. The summed E-state index contributed by atoms with van der Waals surface area (Å²) in [6.45, 7) is 0.802. The summed E-state index contributed by atoms with van der Waals surface area (Å²) in [4.78, 5) is 4.26. The molecule has 0 bridgehead atoms. The van der Waals surface area contributed by atoms with Gasteiger partial charge in [0.1, 0.15) is 9.34 Å². The lowest BCUT2D eigenvalue weighted by molar-refractivity contribution is 0.529. The Morgan fingerprint density at radius 3 is 3.12 bits per heavy atom. The maximum Gasteiger partial charge on any atom is 0.113 e. The van der Waals surface area contributed by atoms with Crippen LogP contribution in [0.2, 0.25) is 4.34 Å². The topological polar surface area (TPSA) is 24.9 Å². The third-order valence-corrected chi connectivity index (χ3v) is 4.27. The smallest absolute Gasteiger partial charge is 0.113 e. The highest BCUT2D eigenvalue weighted by Gasteiger charge is 2.21. The van der Waals surface area contributed by atoms with Crippen LogP contribution < -0.4 is 5.32 Å². The second kappa shape index (κ2) is 4.77. The van der Waals surface area contributed by atoms with Gasteiger partial charge in [-0.3, -0.25) is 0 Å². The SMILES string of the molecule is Clc1cnc(CNC2CCc3ccccc32)s1. The fourth-order valence-electron chi connectivity index (χ4n) is 2.35. The highest BCUT2D eigenvalue weighted by molar-refractivity contribution is 7.15. The Labute approximate surface area is 110 Å². The number of aryl methyl sites for hydroxylation is 1. The zero-order valence-corrected chi connectivity index (χ0v) is 10.9. The van der Waals surface area contributed by atoms with Crippen molar-refractivity contribution in [2.45, 2.75) is 25.4 Å². The van der Waals surface area contributed by atoms with Gasteiger partial charge in [-0.2, -0.15) is 0 Å². The molecule has 0 aliphatic heterocycles. The van der Waals surface area contributed by atoms with E-state index in [1.807, 2.05) is 0 Å². The van der Waals surface area contributed by atoms with Crippen LogP contribution in [-0.4, -0.2) is 4.98 Å². The maximum atomic E-state index is 5.87. The van der Waals surface area contributed by atoms with E-state index in [4.69, 9.17) is 11.6 Å². The van der Waals surface area contributed by atoms with E-state index in [2.05, 4.69) is 34.6 Å². The van der Waals surface area contributed by atoms with Crippen molar-refractivity contribution in [3.05, 3.63) is 50.9 Å². The van der Waals surface area contributed by atoms with E-state index in [9.17, 15) is 0 Å². The van der Waals surface area contributed by atoms with Crippen molar-refractivity contribution in [3.63, 3.8) is 0 Å². The quantitative estimate of drug-likeness (QED) is 0.917.